The predicted octanol–water partition coefficient (Wildman–Crippen LogP) is 4.64. The van der Waals surface area contributed by atoms with Gasteiger partial charge in [-0.15, -0.1) is 18.2 Å². The van der Waals surface area contributed by atoms with Crippen LogP contribution in [-0.2, 0) is 0 Å². The topological polar surface area (TPSA) is 37.4 Å². The molecule has 0 spiro atoms. The molecule has 0 atom stereocenters. The van der Waals surface area contributed by atoms with E-state index in [2.05, 4.69) is 23.1 Å². The number of benzene rings is 1. The Bertz CT molecular complexity index is 741. The molecule has 4 nitrogen and oxygen atoms in total. The smallest absolute Gasteiger partial charge is 0.220 e. The molecule has 0 fully saturated rings. The second-order valence-corrected chi connectivity index (χ2v) is 6.78. The molecule has 1 N–H and O–H groups in total. The van der Waals surface area contributed by atoms with E-state index in [1.807, 2.05) is 49.5 Å². The summed E-state index contributed by atoms with van der Waals surface area (Å²) in [6.07, 6.45) is 6.40. The molecule has 0 radical (unpaired) electrons. The number of anilines is 1. The van der Waals surface area contributed by atoms with E-state index in [9.17, 15) is 0 Å². The van der Waals surface area contributed by atoms with Crippen LogP contribution in [0.25, 0.3) is 0 Å². The van der Waals surface area contributed by atoms with Crippen molar-refractivity contribution >= 4 is 34.8 Å². The maximum atomic E-state index is 5.82. The third kappa shape index (κ3) is 6.29. The number of rotatable bonds is 7. The molecule has 25 heavy (non-hydrogen) atoms. The number of aromatic nitrogens is 1. The zero-order valence-corrected chi connectivity index (χ0v) is 16.0. The van der Waals surface area contributed by atoms with Crippen LogP contribution in [0.2, 0.25) is 0 Å². The molecule has 0 amide bonds. The van der Waals surface area contributed by atoms with Gasteiger partial charge in [-0.05, 0) is 54.7 Å². The van der Waals surface area contributed by atoms with Crippen LogP contribution in [0.3, 0.4) is 0 Å². The van der Waals surface area contributed by atoms with Crippen LogP contribution >= 0.6 is 24.0 Å². The first-order valence-electron chi connectivity index (χ1n) is 7.95. The minimum atomic E-state index is 0.463. The Hall–Kier alpha value is -2.23. The van der Waals surface area contributed by atoms with E-state index in [1.54, 1.807) is 16.7 Å². The zero-order chi connectivity index (χ0) is 18.1. The minimum absolute atomic E-state index is 0.463. The number of hydrogen-bond donors (Lipinski definition) is 1. The van der Waals surface area contributed by atoms with Gasteiger partial charge in [-0.3, -0.25) is 0 Å². The summed E-state index contributed by atoms with van der Waals surface area (Å²) in [6.45, 7) is 2.62. The highest BCUT2D eigenvalue weighted by Crippen LogP contribution is 2.24. The number of hydrogen-bond acceptors (Lipinski definition) is 4. The third-order valence-corrected chi connectivity index (χ3v) is 4.70. The lowest BCUT2D eigenvalue weighted by atomic mass is 10.3. The molecule has 1 heterocycles. The van der Waals surface area contributed by atoms with Crippen LogP contribution in [0.4, 0.5) is 5.69 Å². The predicted molar refractivity (Wildman–Crippen MR) is 109 cm³/mol. The van der Waals surface area contributed by atoms with Crippen molar-refractivity contribution in [1.29, 1.82) is 0 Å². The molecule has 0 aliphatic rings. The van der Waals surface area contributed by atoms with Gasteiger partial charge in [-0.25, -0.2) is 4.98 Å². The van der Waals surface area contributed by atoms with E-state index in [-0.39, 0.29) is 0 Å². The lowest BCUT2D eigenvalue weighted by Gasteiger charge is -2.18. The average Bonchev–Trinajstić information content (AvgIpc) is 2.62. The van der Waals surface area contributed by atoms with Gasteiger partial charge in [0.2, 0.25) is 5.88 Å². The van der Waals surface area contributed by atoms with Crippen molar-refractivity contribution in [3.63, 3.8) is 0 Å². The molecule has 0 bridgehead atoms. The highest BCUT2D eigenvalue weighted by Gasteiger charge is 2.05. The van der Waals surface area contributed by atoms with Gasteiger partial charge >= 0.3 is 0 Å². The number of thioether (sulfide) groups is 1. The molecule has 2 rings (SSSR count). The van der Waals surface area contributed by atoms with Crippen LogP contribution in [0, 0.1) is 12.3 Å². The molecule has 0 saturated heterocycles. The summed E-state index contributed by atoms with van der Waals surface area (Å²) in [7, 11) is 1.85. The average molecular weight is 372 g/mol. The monoisotopic (exact) mass is 371 g/mol. The first-order valence-corrected chi connectivity index (χ1v) is 9.35. The summed E-state index contributed by atoms with van der Waals surface area (Å²) in [5.74, 6) is 4.91. The molecule has 0 aliphatic carbocycles. The molecule has 6 heteroatoms. The normalized spacial score (nSPS) is 9.96. The summed E-state index contributed by atoms with van der Waals surface area (Å²) in [6, 6.07) is 13.4. The number of ether oxygens (including phenoxy) is 1. The minimum Gasteiger partial charge on any atom is -0.439 e. The van der Waals surface area contributed by atoms with Crippen molar-refractivity contribution in [2.24, 2.45) is 0 Å². The fourth-order valence-electron chi connectivity index (χ4n) is 1.89. The maximum Gasteiger partial charge on any atom is 0.220 e. The fourth-order valence-corrected chi connectivity index (χ4v) is 2.82. The van der Waals surface area contributed by atoms with Gasteiger partial charge < -0.3 is 15.0 Å². The largest absolute Gasteiger partial charge is 0.439 e. The Morgan fingerprint density at radius 1 is 1.32 bits per heavy atom. The SMILES string of the molecule is C#CCN(C)C(=S)Nc1ccc(Oc2cccc(SCCC)n2)cc1. The molecule has 0 unspecified atom stereocenters. The highest BCUT2D eigenvalue weighted by atomic mass is 32.2. The first kappa shape index (κ1) is 19.1. The number of nitrogens with one attached hydrogen (secondary N) is 1. The molecule has 1 aromatic carbocycles. The molecule has 2 aromatic rings. The Morgan fingerprint density at radius 3 is 2.76 bits per heavy atom. The van der Waals surface area contributed by atoms with E-state index in [1.165, 1.54) is 0 Å². The Kier molecular flexibility index (Phi) is 7.58. The van der Waals surface area contributed by atoms with Crippen LogP contribution in [-0.4, -0.2) is 34.3 Å². The van der Waals surface area contributed by atoms with Gasteiger partial charge in [0.05, 0.1) is 6.54 Å². The first-order chi connectivity index (χ1) is 12.1. The Labute approximate surface area is 159 Å². The van der Waals surface area contributed by atoms with E-state index < -0.39 is 0 Å². The summed E-state index contributed by atoms with van der Waals surface area (Å²) in [5, 5.41) is 4.69. The number of terminal acetylenes is 1. The summed E-state index contributed by atoms with van der Waals surface area (Å²) in [4.78, 5) is 6.29. The Morgan fingerprint density at radius 2 is 2.08 bits per heavy atom. The van der Waals surface area contributed by atoms with Crippen LogP contribution in [0.15, 0.2) is 47.5 Å². The van der Waals surface area contributed by atoms with E-state index in [0.717, 1.165) is 28.6 Å². The summed E-state index contributed by atoms with van der Waals surface area (Å²) < 4.78 is 5.82. The van der Waals surface area contributed by atoms with Crippen molar-refractivity contribution in [2.75, 3.05) is 24.7 Å². The van der Waals surface area contributed by atoms with E-state index in [0.29, 0.717) is 17.5 Å². The zero-order valence-electron chi connectivity index (χ0n) is 14.4. The number of nitrogens with zero attached hydrogens (tertiary/aromatic N) is 2. The highest BCUT2D eigenvalue weighted by molar-refractivity contribution is 7.99. The second kappa shape index (κ2) is 9.92. The van der Waals surface area contributed by atoms with Gasteiger partial charge in [0.15, 0.2) is 5.11 Å². The quantitative estimate of drug-likeness (QED) is 0.434. The fraction of sp³-hybridized carbons (Fsp3) is 0.263. The van der Waals surface area contributed by atoms with Crippen molar-refractivity contribution < 1.29 is 4.74 Å². The van der Waals surface area contributed by atoms with Gasteiger partial charge in [0, 0.05) is 18.8 Å². The van der Waals surface area contributed by atoms with Crippen molar-refractivity contribution in [1.82, 2.24) is 9.88 Å². The standard InChI is InChI=1S/C19H21N3OS2/c1-4-13-22(3)19(24)20-15-9-11-16(12-10-15)23-17-7-6-8-18(21-17)25-14-5-2/h1,6-12H,5,13-14H2,2-3H3,(H,20,24). The van der Waals surface area contributed by atoms with Crippen molar-refractivity contribution in [3.05, 3.63) is 42.5 Å². The van der Waals surface area contributed by atoms with Crippen molar-refractivity contribution in [3.8, 4) is 24.0 Å². The molecule has 130 valence electrons. The van der Waals surface area contributed by atoms with Crippen LogP contribution in [0.1, 0.15) is 13.3 Å². The van der Waals surface area contributed by atoms with E-state index in [4.69, 9.17) is 23.4 Å². The molecular formula is C19H21N3OS2. The second-order valence-electron chi connectivity index (χ2n) is 5.28. The van der Waals surface area contributed by atoms with Gasteiger partial charge in [0.1, 0.15) is 10.8 Å². The molecular weight excluding hydrogens is 350 g/mol. The maximum absolute atomic E-state index is 5.82. The molecule has 0 saturated carbocycles. The van der Waals surface area contributed by atoms with Gasteiger partial charge in [-0.2, -0.15) is 0 Å². The van der Waals surface area contributed by atoms with Crippen molar-refractivity contribution in [2.45, 2.75) is 18.4 Å². The molecule has 0 aliphatic heterocycles. The van der Waals surface area contributed by atoms with Crippen LogP contribution < -0.4 is 10.1 Å². The summed E-state index contributed by atoms with van der Waals surface area (Å²) >= 11 is 7.01. The summed E-state index contributed by atoms with van der Waals surface area (Å²) in [5.41, 5.74) is 0.876. The Balaban J connectivity index is 1.96. The van der Waals surface area contributed by atoms with Gasteiger partial charge in [0.25, 0.3) is 0 Å². The lowest BCUT2D eigenvalue weighted by molar-refractivity contribution is 0.458. The van der Waals surface area contributed by atoms with E-state index >= 15 is 0 Å². The number of thiocarbonyl (C=S) groups is 1. The molecule has 1 aromatic heterocycles. The van der Waals surface area contributed by atoms with Crippen LogP contribution in [0.5, 0.6) is 11.6 Å². The third-order valence-electron chi connectivity index (χ3n) is 3.16. The lowest BCUT2D eigenvalue weighted by Crippen LogP contribution is -2.31. The number of pyridine rings is 1. The van der Waals surface area contributed by atoms with Gasteiger partial charge in [-0.1, -0.05) is 18.9 Å².